The van der Waals surface area contributed by atoms with Crippen LogP contribution in [0.25, 0.3) is 0 Å². The lowest BCUT2D eigenvalue weighted by Gasteiger charge is -2.37. The number of ether oxygens (including phenoxy) is 1. The van der Waals surface area contributed by atoms with E-state index in [1.807, 2.05) is 55.5 Å². The van der Waals surface area contributed by atoms with Crippen molar-refractivity contribution in [1.82, 2.24) is 4.31 Å². The largest absolute Gasteiger partial charge is 0.449 e. The van der Waals surface area contributed by atoms with E-state index < -0.39 is 39.5 Å². The number of rotatable bonds is 5. The number of benzene rings is 3. The molecule has 1 saturated heterocycles. The highest BCUT2D eigenvalue weighted by atomic mass is 79.9. The summed E-state index contributed by atoms with van der Waals surface area (Å²) >= 11 is 16.1. The molecule has 220 valence electrons. The molecule has 0 radical (unpaired) electrons. The van der Waals surface area contributed by atoms with Crippen molar-refractivity contribution in [2.45, 2.75) is 52.2 Å². The molecular formula is C32H30BrCl2NO5S. The van der Waals surface area contributed by atoms with Crippen molar-refractivity contribution in [3.8, 4) is 0 Å². The van der Waals surface area contributed by atoms with Crippen LogP contribution in [0.2, 0.25) is 10.0 Å². The first kappa shape index (κ1) is 29.7. The van der Waals surface area contributed by atoms with Gasteiger partial charge in [0.25, 0.3) is 5.91 Å². The van der Waals surface area contributed by atoms with E-state index in [-0.39, 0.29) is 32.3 Å². The molecule has 6 rings (SSSR count). The summed E-state index contributed by atoms with van der Waals surface area (Å²) in [7, 11) is -3.94. The van der Waals surface area contributed by atoms with Gasteiger partial charge in [0.15, 0.2) is 6.10 Å². The molecule has 3 aromatic carbocycles. The van der Waals surface area contributed by atoms with E-state index in [2.05, 4.69) is 29.8 Å². The molecule has 42 heavy (non-hydrogen) atoms. The second kappa shape index (κ2) is 10.4. The average Bonchev–Trinajstić information content (AvgIpc) is 3.42. The molecule has 1 amide bonds. The van der Waals surface area contributed by atoms with Crippen molar-refractivity contribution >= 4 is 61.0 Å². The quantitative estimate of drug-likeness (QED) is 0.254. The fourth-order valence-electron chi connectivity index (χ4n) is 7.45. The zero-order valence-electron chi connectivity index (χ0n) is 23.4. The minimum atomic E-state index is -3.94. The third kappa shape index (κ3) is 4.61. The van der Waals surface area contributed by atoms with Gasteiger partial charge in [0.05, 0.1) is 33.0 Å². The van der Waals surface area contributed by atoms with Crippen LogP contribution in [0.4, 0.5) is 0 Å². The highest BCUT2D eigenvalue weighted by molar-refractivity contribution is 9.10. The smallest absolute Gasteiger partial charge is 0.339 e. The van der Waals surface area contributed by atoms with Gasteiger partial charge in [-0.1, -0.05) is 94.9 Å². The number of aryl methyl sites for hydroxylation is 1. The number of nitrogens with zero attached hydrogens (tertiary/aromatic N) is 1. The average molecular weight is 691 g/mol. The van der Waals surface area contributed by atoms with E-state index in [4.69, 9.17) is 27.9 Å². The molecular weight excluding hydrogens is 661 g/mol. The number of hydrogen-bond donors (Lipinski definition) is 0. The Balaban J connectivity index is 1.40. The van der Waals surface area contributed by atoms with Gasteiger partial charge in [0, 0.05) is 9.89 Å². The van der Waals surface area contributed by atoms with Crippen LogP contribution in [-0.4, -0.2) is 36.4 Å². The molecule has 1 heterocycles. The van der Waals surface area contributed by atoms with Crippen LogP contribution in [-0.2, 0) is 14.8 Å². The van der Waals surface area contributed by atoms with Gasteiger partial charge in [-0.05, 0) is 72.9 Å². The van der Waals surface area contributed by atoms with E-state index in [9.17, 15) is 18.0 Å². The van der Waals surface area contributed by atoms with Crippen LogP contribution in [0.3, 0.4) is 0 Å². The Morgan fingerprint density at radius 3 is 2.14 bits per heavy atom. The predicted octanol–water partition coefficient (Wildman–Crippen LogP) is 7.99. The number of halogens is 3. The summed E-state index contributed by atoms with van der Waals surface area (Å²) in [6.07, 6.45) is 1.51. The second-order valence-corrected chi connectivity index (χ2v) is 15.9. The van der Waals surface area contributed by atoms with Crippen molar-refractivity contribution < 1.29 is 22.7 Å². The Hall–Kier alpha value is -2.39. The molecule has 1 aliphatic heterocycles. The van der Waals surface area contributed by atoms with Gasteiger partial charge < -0.3 is 4.74 Å². The molecule has 0 unspecified atom stereocenters. The zero-order chi connectivity index (χ0) is 30.2. The van der Waals surface area contributed by atoms with Gasteiger partial charge in [-0.2, -0.15) is 0 Å². The summed E-state index contributed by atoms with van der Waals surface area (Å²) in [6.45, 7) is 6.19. The van der Waals surface area contributed by atoms with E-state index in [0.717, 1.165) is 38.3 Å². The number of esters is 1. The van der Waals surface area contributed by atoms with E-state index in [0.29, 0.717) is 12.3 Å². The standard InChI is InChI=1S/C32H30BrCl2NO5S/c1-18-4-6-19(7-5-18)28(20-8-10-22(33)11-9-20)41-30(38)24-16-26(35)25(34)15-23(24)29(37)36-27-14-21-12-13-32(27,31(21,2)3)17-42(36,39)40/h4-11,15-16,21,27-28H,12-14,17H2,1-3H3/t21-,27-,28-,32-/m1/s1. The van der Waals surface area contributed by atoms with Crippen LogP contribution in [0.1, 0.15) is 76.6 Å². The molecule has 10 heteroatoms. The third-order valence-corrected chi connectivity index (χ3v) is 13.1. The molecule has 6 nitrogen and oxygen atoms in total. The number of sulfonamides is 1. The topological polar surface area (TPSA) is 80.8 Å². The first-order valence-electron chi connectivity index (χ1n) is 13.8. The van der Waals surface area contributed by atoms with Gasteiger partial charge in [0.1, 0.15) is 0 Å². The first-order chi connectivity index (χ1) is 19.7. The van der Waals surface area contributed by atoms with Crippen molar-refractivity contribution in [3.05, 3.63) is 103 Å². The fourth-order valence-corrected chi connectivity index (χ4v) is 10.6. The first-order valence-corrected chi connectivity index (χ1v) is 17.0. The van der Waals surface area contributed by atoms with Gasteiger partial charge in [-0.3, -0.25) is 4.79 Å². The third-order valence-electron chi connectivity index (χ3n) is 9.90. The summed E-state index contributed by atoms with van der Waals surface area (Å²) < 4.78 is 35.2. The van der Waals surface area contributed by atoms with Crippen LogP contribution in [0.5, 0.6) is 0 Å². The van der Waals surface area contributed by atoms with Crippen molar-refractivity contribution in [2.75, 3.05) is 5.75 Å². The zero-order valence-corrected chi connectivity index (χ0v) is 27.3. The summed E-state index contributed by atoms with van der Waals surface area (Å²) in [4.78, 5) is 28.1. The number of hydrogen-bond acceptors (Lipinski definition) is 5. The summed E-state index contributed by atoms with van der Waals surface area (Å²) in [5.41, 5.74) is 1.49. The van der Waals surface area contributed by atoms with Crippen molar-refractivity contribution in [2.24, 2.45) is 16.7 Å². The van der Waals surface area contributed by atoms with Gasteiger partial charge in [-0.25, -0.2) is 17.5 Å². The lowest BCUT2D eigenvalue weighted by Crippen LogP contribution is -2.44. The molecule has 2 bridgehead atoms. The minimum absolute atomic E-state index is 0.0409. The second-order valence-electron chi connectivity index (χ2n) is 12.3. The number of amides is 1. The Morgan fingerprint density at radius 2 is 1.55 bits per heavy atom. The normalized spacial score (nSPS) is 25.7. The molecule has 0 N–H and O–H groups in total. The highest BCUT2D eigenvalue weighted by Crippen LogP contribution is 2.70. The maximum atomic E-state index is 14.2. The Bertz CT molecular complexity index is 1660. The van der Waals surface area contributed by atoms with Crippen LogP contribution < -0.4 is 0 Å². The Labute approximate surface area is 264 Å². The summed E-state index contributed by atoms with van der Waals surface area (Å²) in [5.74, 6) is -1.35. The van der Waals surface area contributed by atoms with Gasteiger partial charge >= 0.3 is 5.97 Å². The van der Waals surface area contributed by atoms with E-state index in [1.54, 1.807) is 0 Å². The van der Waals surface area contributed by atoms with Crippen LogP contribution in [0.15, 0.2) is 65.1 Å². The van der Waals surface area contributed by atoms with Crippen LogP contribution in [0, 0.1) is 23.7 Å². The molecule has 3 fully saturated rings. The highest BCUT2D eigenvalue weighted by Gasteiger charge is 2.72. The lowest BCUT2D eigenvalue weighted by molar-refractivity contribution is 0.0372. The number of carbonyl (C=O) groups is 2. The predicted molar refractivity (Wildman–Crippen MR) is 166 cm³/mol. The fraction of sp³-hybridized carbons (Fsp3) is 0.375. The van der Waals surface area contributed by atoms with Gasteiger partial charge in [0.2, 0.25) is 10.0 Å². The maximum Gasteiger partial charge on any atom is 0.339 e. The molecule has 3 aliphatic rings. The van der Waals surface area contributed by atoms with Crippen molar-refractivity contribution in [1.29, 1.82) is 0 Å². The minimum Gasteiger partial charge on any atom is -0.449 e. The maximum absolute atomic E-state index is 14.2. The van der Waals surface area contributed by atoms with E-state index in [1.165, 1.54) is 12.1 Å². The SMILES string of the molecule is Cc1ccc([C@@H](OC(=O)c2cc(Cl)c(Cl)cc2C(=O)N2[C@@H]3C[C@H]4CC[C@]3(CS2(=O)=O)C4(C)C)c2ccc(Br)cc2)cc1. The Morgan fingerprint density at radius 1 is 0.976 bits per heavy atom. The number of carbonyl (C=O) groups excluding carboxylic acids is 2. The van der Waals surface area contributed by atoms with E-state index >= 15 is 0 Å². The Kier molecular flexibility index (Phi) is 7.32. The summed E-state index contributed by atoms with van der Waals surface area (Å²) in [6, 6.07) is 17.1. The molecule has 3 aromatic rings. The lowest BCUT2D eigenvalue weighted by atomic mass is 9.69. The molecule has 4 atom stereocenters. The molecule has 0 aromatic heterocycles. The summed E-state index contributed by atoms with van der Waals surface area (Å²) in [5, 5.41) is 0.0941. The van der Waals surface area contributed by atoms with Gasteiger partial charge in [-0.15, -0.1) is 0 Å². The molecule has 2 aliphatic carbocycles. The van der Waals surface area contributed by atoms with Crippen molar-refractivity contribution in [3.63, 3.8) is 0 Å². The van der Waals surface area contributed by atoms with Crippen LogP contribution >= 0.6 is 39.1 Å². The molecule has 1 spiro atoms. The monoisotopic (exact) mass is 689 g/mol. The number of fused-ring (bicyclic) bond motifs is 1. The molecule has 2 saturated carbocycles.